The molecule has 0 fully saturated rings. The number of amides is 2. The molecule has 2 aromatic rings. The molecule has 2 rings (SSSR count). The Morgan fingerprint density at radius 2 is 1.47 bits per heavy atom. The third-order valence-electron chi connectivity index (χ3n) is 5.63. The fourth-order valence-electron chi connectivity index (χ4n) is 3.58. The van der Waals surface area contributed by atoms with Gasteiger partial charge in [-0.2, -0.15) is 0 Å². The number of carbonyl (C=O) groups is 2. The normalized spacial score (nSPS) is 13.1. The topological polar surface area (TPSA) is 86.8 Å². The summed E-state index contributed by atoms with van der Waals surface area (Å²) in [5, 5.41) is 3.45. The Morgan fingerprint density at radius 1 is 0.944 bits per heavy atom. The standard InChI is InChI=1S/C27H38ClN3O4S/c1-19(25(33)29-27(5,6)7)30(17-20-9-13-22(28)14-10-20)24(32)18-31(36(8,34)35)23-15-11-21(12-16-23)26(2,3)4/h9-16,19H,17-18H2,1-8H3,(H,29,33). The van der Waals surface area contributed by atoms with Crippen LogP contribution in [-0.4, -0.2) is 49.5 Å². The van der Waals surface area contributed by atoms with Crippen molar-refractivity contribution in [2.75, 3.05) is 17.1 Å². The van der Waals surface area contributed by atoms with Crippen molar-refractivity contribution in [2.24, 2.45) is 0 Å². The number of benzene rings is 2. The predicted octanol–water partition coefficient (Wildman–Crippen LogP) is 4.74. The molecule has 198 valence electrons. The molecule has 0 heterocycles. The highest BCUT2D eigenvalue weighted by Crippen LogP contribution is 2.26. The first kappa shape index (κ1) is 29.6. The van der Waals surface area contributed by atoms with E-state index in [1.54, 1.807) is 43.3 Å². The van der Waals surface area contributed by atoms with E-state index >= 15 is 0 Å². The van der Waals surface area contributed by atoms with Gasteiger partial charge >= 0.3 is 0 Å². The number of sulfonamides is 1. The first-order valence-electron chi connectivity index (χ1n) is 11.8. The minimum Gasteiger partial charge on any atom is -0.350 e. The lowest BCUT2D eigenvalue weighted by Gasteiger charge is -2.33. The summed E-state index contributed by atoms with van der Waals surface area (Å²) in [4.78, 5) is 28.0. The van der Waals surface area contributed by atoms with Crippen molar-refractivity contribution < 1.29 is 18.0 Å². The number of carbonyl (C=O) groups excluding carboxylic acids is 2. The number of nitrogens with zero attached hydrogens (tertiary/aromatic N) is 2. The zero-order valence-electron chi connectivity index (χ0n) is 22.4. The highest BCUT2D eigenvalue weighted by Gasteiger charge is 2.31. The van der Waals surface area contributed by atoms with Crippen LogP contribution in [0.25, 0.3) is 0 Å². The number of anilines is 1. The molecule has 0 aromatic heterocycles. The summed E-state index contributed by atoms with van der Waals surface area (Å²) in [6, 6.07) is 13.3. The second kappa shape index (κ2) is 11.2. The van der Waals surface area contributed by atoms with Crippen LogP contribution in [0.3, 0.4) is 0 Å². The van der Waals surface area contributed by atoms with Crippen LogP contribution in [0, 0.1) is 0 Å². The van der Waals surface area contributed by atoms with Crippen molar-refractivity contribution in [1.82, 2.24) is 10.2 Å². The minimum atomic E-state index is -3.78. The lowest BCUT2D eigenvalue weighted by molar-refractivity contribution is -0.140. The van der Waals surface area contributed by atoms with Crippen molar-refractivity contribution in [1.29, 1.82) is 0 Å². The highest BCUT2D eigenvalue weighted by molar-refractivity contribution is 7.92. The Balaban J connectivity index is 2.41. The largest absolute Gasteiger partial charge is 0.350 e. The summed E-state index contributed by atoms with van der Waals surface area (Å²) < 4.78 is 26.5. The van der Waals surface area contributed by atoms with E-state index in [0.29, 0.717) is 10.7 Å². The summed E-state index contributed by atoms with van der Waals surface area (Å²) in [7, 11) is -3.78. The van der Waals surface area contributed by atoms with Gasteiger partial charge in [-0.25, -0.2) is 8.42 Å². The van der Waals surface area contributed by atoms with Gasteiger partial charge < -0.3 is 10.2 Å². The zero-order chi connectivity index (χ0) is 27.5. The average molecular weight is 536 g/mol. The predicted molar refractivity (Wildman–Crippen MR) is 147 cm³/mol. The molecule has 0 saturated carbocycles. The number of nitrogens with one attached hydrogen (secondary N) is 1. The summed E-state index contributed by atoms with van der Waals surface area (Å²) in [6.45, 7) is 13.1. The van der Waals surface area contributed by atoms with Crippen LogP contribution in [0.15, 0.2) is 48.5 Å². The van der Waals surface area contributed by atoms with Gasteiger partial charge in [-0.05, 0) is 68.5 Å². The third-order valence-corrected chi connectivity index (χ3v) is 7.02. The van der Waals surface area contributed by atoms with Crippen LogP contribution in [-0.2, 0) is 31.6 Å². The Kier molecular flexibility index (Phi) is 9.24. The van der Waals surface area contributed by atoms with Gasteiger partial charge in [0.25, 0.3) is 0 Å². The number of hydrogen-bond acceptors (Lipinski definition) is 4. The fourth-order valence-corrected chi connectivity index (χ4v) is 4.56. The molecule has 1 N–H and O–H groups in total. The smallest absolute Gasteiger partial charge is 0.244 e. The van der Waals surface area contributed by atoms with E-state index in [-0.39, 0.29) is 17.9 Å². The van der Waals surface area contributed by atoms with Crippen molar-refractivity contribution in [2.45, 2.75) is 72.0 Å². The van der Waals surface area contributed by atoms with Gasteiger partial charge in [-0.15, -0.1) is 0 Å². The Bertz CT molecular complexity index is 1170. The average Bonchev–Trinajstić information content (AvgIpc) is 2.74. The first-order valence-corrected chi connectivity index (χ1v) is 14.1. The lowest BCUT2D eigenvalue weighted by Crippen LogP contribution is -2.54. The quantitative estimate of drug-likeness (QED) is 0.529. The van der Waals surface area contributed by atoms with Crippen molar-refractivity contribution in [3.63, 3.8) is 0 Å². The van der Waals surface area contributed by atoms with E-state index in [0.717, 1.165) is 21.7 Å². The molecule has 0 aliphatic carbocycles. The van der Waals surface area contributed by atoms with Gasteiger partial charge in [0.05, 0.1) is 11.9 Å². The van der Waals surface area contributed by atoms with Crippen molar-refractivity contribution in [3.8, 4) is 0 Å². The highest BCUT2D eigenvalue weighted by atomic mass is 35.5. The molecular weight excluding hydrogens is 498 g/mol. The molecule has 2 aromatic carbocycles. The molecule has 0 bridgehead atoms. The number of hydrogen-bond donors (Lipinski definition) is 1. The second-order valence-electron chi connectivity index (χ2n) is 11.1. The molecule has 9 heteroatoms. The van der Waals surface area contributed by atoms with Gasteiger partial charge in [-0.1, -0.05) is 56.6 Å². The van der Waals surface area contributed by atoms with E-state index in [2.05, 4.69) is 26.1 Å². The van der Waals surface area contributed by atoms with Crippen LogP contribution in [0.4, 0.5) is 5.69 Å². The monoisotopic (exact) mass is 535 g/mol. The van der Waals surface area contributed by atoms with Crippen LogP contribution in [0.5, 0.6) is 0 Å². The van der Waals surface area contributed by atoms with Gasteiger partial charge in [-0.3, -0.25) is 13.9 Å². The zero-order valence-corrected chi connectivity index (χ0v) is 24.0. The van der Waals surface area contributed by atoms with Crippen molar-refractivity contribution in [3.05, 3.63) is 64.7 Å². The lowest BCUT2D eigenvalue weighted by atomic mass is 9.87. The number of halogens is 1. The van der Waals surface area contributed by atoms with E-state index in [9.17, 15) is 18.0 Å². The Hall–Kier alpha value is -2.58. The maximum atomic E-state index is 13.6. The molecule has 0 saturated heterocycles. The molecule has 0 aliphatic rings. The minimum absolute atomic E-state index is 0.102. The molecule has 2 amide bonds. The Labute approximate surface area is 220 Å². The molecular formula is C27H38ClN3O4S. The summed E-state index contributed by atoms with van der Waals surface area (Å²) in [5.41, 5.74) is 1.60. The summed E-state index contributed by atoms with van der Waals surface area (Å²) in [5.74, 6) is -0.822. The van der Waals surface area contributed by atoms with Crippen LogP contribution in [0.2, 0.25) is 5.02 Å². The van der Waals surface area contributed by atoms with E-state index in [1.165, 1.54) is 4.90 Å². The maximum Gasteiger partial charge on any atom is 0.244 e. The van der Waals surface area contributed by atoms with Gasteiger partial charge in [0.2, 0.25) is 21.8 Å². The van der Waals surface area contributed by atoms with E-state index in [4.69, 9.17) is 11.6 Å². The first-order chi connectivity index (χ1) is 16.4. The van der Waals surface area contributed by atoms with Gasteiger partial charge in [0.1, 0.15) is 12.6 Å². The molecule has 1 unspecified atom stereocenters. The fraction of sp³-hybridized carbons (Fsp3) is 0.481. The molecule has 7 nitrogen and oxygen atoms in total. The van der Waals surface area contributed by atoms with Gasteiger partial charge in [0.15, 0.2) is 0 Å². The van der Waals surface area contributed by atoms with E-state index < -0.39 is 34.1 Å². The molecule has 0 radical (unpaired) electrons. The molecule has 0 spiro atoms. The van der Waals surface area contributed by atoms with E-state index in [1.807, 2.05) is 32.9 Å². The van der Waals surface area contributed by atoms with Crippen LogP contribution >= 0.6 is 11.6 Å². The number of rotatable bonds is 8. The van der Waals surface area contributed by atoms with Crippen molar-refractivity contribution >= 4 is 39.1 Å². The summed E-state index contributed by atoms with van der Waals surface area (Å²) >= 11 is 6.00. The Morgan fingerprint density at radius 3 is 1.92 bits per heavy atom. The molecule has 36 heavy (non-hydrogen) atoms. The van der Waals surface area contributed by atoms with Gasteiger partial charge in [0, 0.05) is 17.1 Å². The second-order valence-corrected chi connectivity index (χ2v) is 13.5. The summed E-state index contributed by atoms with van der Waals surface area (Å²) in [6.07, 6.45) is 1.07. The third kappa shape index (κ3) is 8.52. The molecule has 1 atom stereocenters. The van der Waals surface area contributed by atoms with Crippen LogP contribution in [0.1, 0.15) is 59.6 Å². The molecule has 0 aliphatic heterocycles. The SMILES string of the molecule is CC(C(=O)NC(C)(C)C)N(Cc1ccc(Cl)cc1)C(=O)CN(c1ccc(C(C)(C)C)cc1)S(C)(=O)=O. The maximum absolute atomic E-state index is 13.6. The van der Waals surface area contributed by atoms with Crippen LogP contribution < -0.4 is 9.62 Å².